The van der Waals surface area contributed by atoms with Crippen LogP contribution in [0.5, 0.6) is 0 Å². The molecule has 0 atom stereocenters. The lowest BCUT2D eigenvalue weighted by molar-refractivity contribution is 0.0390. The van der Waals surface area contributed by atoms with E-state index in [0.717, 1.165) is 51.6 Å². The van der Waals surface area contributed by atoms with Gasteiger partial charge >= 0.3 is 11.9 Å². The quantitative estimate of drug-likeness (QED) is 0.0251. The number of esters is 2. The molecule has 6 nitrogen and oxygen atoms in total. The third-order valence-electron chi connectivity index (χ3n) is 10.7. The van der Waals surface area contributed by atoms with Crippen molar-refractivity contribution in [3.8, 4) is 0 Å². The van der Waals surface area contributed by atoms with Crippen molar-refractivity contribution in [1.29, 1.82) is 0 Å². The summed E-state index contributed by atoms with van der Waals surface area (Å²) in [7, 11) is 0. The molecule has 0 N–H and O–H groups in total. The van der Waals surface area contributed by atoms with Gasteiger partial charge in [-0.15, -0.1) is 0 Å². The molecule has 0 fully saturated rings. The van der Waals surface area contributed by atoms with Crippen molar-refractivity contribution < 1.29 is 23.9 Å². The summed E-state index contributed by atoms with van der Waals surface area (Å²) in [6, 6.07) is 14.7. The molecule has 0 radical (unpaired) electrons. The lowest BCUT2D eigenvalue weighted by atomic mass is 9.83. The fourth-order valence-corrected chi connectivity index (χ4v) is 8.18. The molecule has 0 aliphatic carbocycles. The molecule has 0 saturated heterocycles. The molecule has 0 unspecified atom stereocenters. The number of amides is 2. The first-order chi connectivity index (χ1) is 23.5. The Kier molecular flexibility index (Phi) is 9.43. The minimum atomic E-state index is -0.645. The molecule has 0 aromatic heterocycles. The summed E-state index contributed by atoms with van der Waals surface area (Å²) < 4.78 is 4.98. The predicted octanol–water partition coefficient (Wildman–Crippen LogP) is 10.9. The Morgan fingerprint density at radius 2 is 0.750 bits per heavy atom. The van der Waals surface area contributed by atoms with Crippen LogP contribution in [0, 0.1) is 0 Å². The zero-order valence-corrected chi connectivity index (χ0v) is 28.1. The van der Waals surface area contributed by atoms with Gasteiger partial charge in [0.25, 0.3) is 11.8 Å². The molecule has 2 heterocycles. The summed E-state index contributed by atoms with van der Waals surface area (Å²) in [5.41, 5.74) is 1.84. The molecule has 2 aliphatic rings. The second-order valence-corrected chi connectivity index (χ2v) is 13.9. The van der Waals surface area contributed by atoms with Gasteiger partial charge in [-0.25, -0.2) is 9.59 Å². The topological polar surface area (TPSA) is 80.8 Å². The van der Waals surface area contributed by atoms with Crippen LogP contribution in [0.2, 0.25) is 0 Å². The van der Waals surface area contributed by atoms with Gasteiger partial charge in [0.2, 0.25) is 0 Å². The number of hydrogen-bond donors (Lipinski definition) is 0. The van der Waals surface area contributed by atoms with Gasteiger partial charge in [0.15, 0.2) is 0 Å². The van der Waals surface area contributed by atoms with Gasteiger partial charge in [0, 0.05) is 28.4 Å². The van der Waals surface area contributed by atoms with E-state index in [4.69, 9.17) is 4.74 Å². The molecule has 5 aromatic carbocycles. The third kappa shape index (κ3) is 5.73. The van der Waals surface area contributed by atoms with Gasteiger partial charge in [-0.3, -0.25) is 14.5 Å². The number of fused-ring (bicyclic) bond motifs is 2. The highest BCUT2D eigenvalue weighted by Gasteiger charge is 2.35. The summed E-state index contributed by atoms with van der Waals surface area (Å²) in [6.45, 7) is 2.70. The average molecular weight is 644 g/mol. The van der Waals surface area contributed by atoms with Crippen molar-refractivity contribution >= 4 is 66.8 Å². The Bertz CT molecular complexity index is 1920. The number of hydrogen-bond acceptors (Lipinski definition) is 5. The Balaban J connectivity index is 0.983. The van der Waals surface area contributed by atoms with Gasteiger partial charge in [-0.05, 0) is 63.0 Å². The monoisotopic (exact) mass is 643 g/mol. The molecule has 7 rings (SSSR count). The number of unbranched alkanes of at least 4 members (excludes halogenated alkanes) is 15. The van der Waals surface area contributed by atoms with Crippen molar-refractivity contribution in [3.63, 3.8) is 0 Å². The highest BCUT2D eigenvalue weighted by atomic mass is 16.6. The lowest BCUT2D eigenvalue weighted by Gasteiger charge is -2.29. The summed E-state index contributed by atoms with van der Waals surface area (Å²) in [5, 5.41) is 6.51. The number of nitrogens with zero attached hydrogens (tertiary/aromatic N) is 1. The zero-order chi connectivity index (χ0) is 33.2. The van der Waals surface area contributed by atoms with Crippen LogP contribution in [-0.2, 0) is 4.74 Å². The van der Waals surface area contributed by atoms with E-state index in [0.29, 0.717) is 39.6 Å². The summed E-state index contributed by atoms with van der Waals surface area (Å²) in [6.07, 6.45) is 20.5. The van der Waals surface area contributed by atoms with E-state index in [-0.39, 0.29) is 11.8 Å². The second-order valence-electron chi connectivity index (χ2n) is 13.9. The van der Waals surface area contributed by atoms with Gasteiger partial charge < -0.3 is 4.74 Å². The maximum Gasteiger partial charge on any atom is 0.346 e. The highest BCUT2D eigenvalue weighted by Crippen LogP contribution is 2.46. The Labute approximate surface area is 282 Å². The van der Waals surface area contributed by atoms with Crippen LogP contribution >= 0.6 is 0 Å². The maximum atomic E-state index is 13.8. The van der Waals surface area contributed by atoms with E-state index >= 15 is 0 Å². The van der Waals surface area contributed by atoms with E-state index in [9.17, 15) is 19.2 Å². The Hall–Kier alpha value is -4.32. The molecule has 2 amide bonds. The number of ether oxygens (including phenoxy) is 1. The minimum Gasteiger partial charge on any atom is -0.386 e. The molecule has 48 heavy (non-hydrogen) atoms. The van der Waals surface area contributed by atoms with Crippen molar-refractivity contribution in [1.82, 2.24) is 4.90 Å². The fourth-order valence-electron chi connectivity index (χ4n) is 8.18. The van der Waals surface area contributed by atoms with Crippen LogP contribution in [0.1, 0.15) is 151 Å². The molecule has 5 aromatic rings. The van der Waals surface area contributed by atoms with Crippen LogP contribution in [0.15, 0.2) is 48.5 Å². The molecule has 6 heteroatoms. The van der Waals surface area contributed by atoms with Gasteiger partial charge in [-0.2, -0.15) is 0 Å². The molecule has 0 spiro atoms. The lowest BCUT2D eigenvalue weighted by Crippen LogP contribution is -2.40. The number of benzene rings is 5. The Morgan fingerprint density at radius 3 is 1.15 bits per heavy atom. The smallest absolute Gasteiger partial charge is 0.346 e. The number of carbonyl (C=O) groups is 4. The first kappa shape index (κ1) is 32.2. The number of cyclic esters (lactones) is 2. The van der Waals surface area contributed by atoms with Crippen LogP contribution in [0.4, 0.5) is 0 Å². The van der Waals surface area contributed by atoms with Crippen LogP contribution in [0.3, 0.4) is 0 Å². The molecule has 0 bridgehead atoms. The highest BCUT2D eigenvalue weighted by molar-refractivity contribution is 6.40. The van der Waals surface area contributed by atoms with Gasteiger partial charge in [-0.1, -0.05) is 128 Å². The van der Waals surface area contributed by atoms with Crippen LogP contribution in [0.25, 0.3) is 43.1 Å². The normalized spacial score (nSPS) is 14.4. The number of rotatable bonds is 17. The zero-order valence-electron chi connectivity index (χ0n) is 28.1. The first-order valence-corrected chi connectivity index (χ1v) is 18.3. The van der Waals surface area contributed by atoms with Crippen molar-refractivity contribution in [2.45, 2.75) is 110 Å². The van der Waals surface area contributed by atoms with E-state index in [1.807, 2.05) is 36.4 Å². The van der Waals surface area contributed by atoms with Crippen LogP contribution in [-0.4, -0.2) is 35.2 Å². The number of imide groups is 1. The molecule has 0 saturated carbocycles. The maximum absolute atomic E-state index is 13.8. The van der Waals surface area contributed by atoms with Gasteiger partial charge in [0.05, 0.1) is 11.1 Å². The molecular weight excluding hydrogens is 598 g/mol. The van der Waals surface area contributed by atoms with E-state index < -0.39 is 11.9 Å². The van der Waals surface area contributed by atoms with E-state index in [1.54, 1.807) is 12.1 Å². The summed E-state index contributed by atoms with van der Waals surface area (Å²) in [5.74, 6) is -1.76. The van der Waals surface area contributed by atoms with Crippen molar-refractivity contribution in [2.24, 2.45) is 0 Å². The standard InChI is InChI=1S/C42H45NO5/c1-2-3-4-5-6-7-8-9-10-11-12-13-14-15-16-17-26-43-39(44)31-22-18-27-29-20-24-33-38-34(42(47)48-41(33)46)25-21-30(36(29)38)28-19-23-32(40(43)45)37(31)35(27)28/h18-25H,2-17,26H2,1H3. The molecule has 248 valence electrons. The average Bonchev–Trinajstić information content (AvgIpc) is 3.09. The third-order valence-corrected chi connectivity index (χ3v) is 10.7. The van der Waals surface area contributed by atoms with E-state index in [2.05, 4.69) is 6.92 Å². The minimum absolute atomic E-state index is 0.235. The predicted molar refractivity (Wildman–Crippen MR) is 192 cm³/mol. The SMILES string of the molecule is CCCCCCCCCCCCCCCCCCN1C(=O)c2ccc3c4ccc5c6c(ccc(c7ccc(c2c37)C1=O)c64)C(=O)OC5=O. The van der Waals surface area contributed by atoms with Crippen LogP contribution < -0.4 is 0 Å². The van der Waals surface area contributed by atoms with Crippen molar-refractivity contribution in [2.75, 3.05) is 6.54 Å². The molecule has 2 aliphatic heterocycles. The van der Waals surface area contributed by atoms with E-state index in [1.165, 1.54) is 88.4 Å². The first-order valence-electron chi connectivity index (χ1n) is 18.3. The fraction of sp³-hybridized carbons (Fsp3) is 0.429. The largest absolute Gasteiger partial charge is 0.386 e. The number of carbonyl (C=O) groups excluding carboxylic acids is 4. The van der Waals surface area contributed by atoms with Crippen molar-refractivity contribution in [3.05, 3.63) is 70.8 Å². The van der Waals surface area contributed by atoms with Gasteiger partial charge in [0.1, 0.15) is 0 Å². The second kappa shape index (κ2) is 14.0. The Morgan fingerprint density at radius 1 is 0.417 bits per heavy atom. The molecular formula is C42H45NO5. The summed E-state index contributed by atoms with van der Waals surface area (Å²) >= 11 is 0. The summed E-state index contributed by atoms with van der Waals surface area (Å²) in [4.78, 5) is 54.2.